The fourth-order valence-corrected chi connectivity index (χ4v) is 2.84. The molecule has 12 heteroatoms. The summed E-state index contributed by atoms with van der Waals surface area (Å²) >= 11 is 0. The molecule has 38 heavy (non-hydrogen) atoms. The molecule has 3 N–H and O–H groups in total. The van der Waals surface area contributed by atoms with Crippen LogP contribution in [0.1, 0.15) is 67.9 Å². The Balaban J connectivity index is 3.24. The van der Waals surface area contributed by atoms with Crippen molar-refractivity contribution in [2.45, 2.75) is 91.6 Å². The van der Waals surface area contributed by atoms with E-state index < -0.39 is 47.1 Å². The van der Waals surface area contributed by atoms with Crippen molar-refractivity contribution >= 4 is 35.9 Å². The van der Waals surface area contributed by atoms with Gasteiger partial charge in [0.1, 0.15) is 22.8 Å². The van der Waals surface area contributed by atoms with Crippen molar-refractivity contribution < 1.29 is 38.5 Å². The van der Waals surface area contributed by atoms with Crippen LogP contribution in [0.5, 0.6) is 0 Å². The predicted molar refractivity (Wildman–Crippen MR) is 141 cm³/mol. The molecule has 3 amide bonds. The van der Waals surface area contributed by atoms with Gasteiger partial charge in [-0.2, -0.15) is 0 Å². The van der Waals surface area contributed by atoms with Crippen molar-refractivity contribution in [3.05, 3.63) is 29.8 Å². The molecule has 0 saturated carbocycles. The molecule has 0 unspecified atom stereocenters. The van der Waals surface area contributed by atoms with Gasteiger partial charge < -0.3 is 19.3 Å². The number of carbonyl (C=O) groups is 4. The van der Waals surface area contributed by atoms with Crippen LogP contribution in [0.15, 0.2) is 29.3 Å². The molecule has 1 aromatic rings. The highest BCUT2D eigenvalue weighted by Crippen LogP contribution is 2.19. The monoisotopic (exact) mass is 536 g/mol. The van der Waals surface area contributed by atoms with Gasteiger partial charge in [0.2, 0.25) is 5.96 Å². The van der Waals surface area contributed by atoms with Crippen LogP contribution in [-0.2, 0) is 25.4 Å². The van der Waals surface area contributed by atoms with E-state index in [-0.39, 0.29) is 18.1 Å². The van der Waals surface area contributed by atoms with Crippen LogP contribution in [-0.4, -0.2) is 70.1 Å². The average Bonchev–Trinajstić information content (AvgIpc) is 2.67. The molecule has 1 atom stereocenters. The Morgan fingerprint density at radius 2 is 1.34 bits per heavy atom. The SMILES string of the molecule is CN(C(=O)OC(C)(C)C)[C@H](Cc1cccc(N=C(NC(=O)OC(C)(C)C)NC(=O)OC(C)(C)C)c1)C(=O)O. The summed E-state index contributed by atoms with van der Waals surface area (Å²) in [6.45, 7) is 15.1. The predicted octanol–water partition coefficient (Wildman–Crippen LogP) is 4.59. The lowest BCUT2D eigenvalue weighted by atomic mass is 10.0. The Morgan fingerprint density at radius 3 is 1.76 bits per heavy atom. The lowest BCUT2D eigenvalue weighted by Gasteiger charge is -2.28. The van der Waals surface area contributed by atoms with E-state index in [0.29, 0.717) is 5.56 Å². The average molecular weight is 537 g/mol. The van der Waals surface area contributed by atoms with E-state index in [1.54, 1.807) is 86.6 Å². The number of alkyl carbamates (subject to hydrolysis) is 2. The van der Waals surface area contributed by atoms with Crippen LogP contribution in [0, 0.1) is 0 Å². The lowest BCUT2D eigenvalue weighted by molar-refractivity contribution is -0.142. The number of amides is 3. The summed E-state index contributed by atoms with van der Waals surface area (Å²) in [4.78, 5) is 54.3. The van der Waals surface area contributed by atoms with Gasteiger partial charge in [-0.05, 0) is 80.0 Å². The number of guanidine groups is 1. The number of nitrogens with one attached hydrogen (secondary N) is 2. The van der Waals surface area contributed by atoms with E-state index in [9.17, 15) is 24.3 Å². The minimum atomic E-state index is -1.22. The van der Waals surface area contributed by atoms with Gasteiger partial charge in [0.25, 0.3) is 0 Å². The van der Waals surface area contributed by atoms with Gasteiger partial charge in [0, 0.05) is 13.5 Å². The number of likely N-dealkylation sites (N-methyl/N-ethyl adjacent to an activating group) is 1. The van der Waals surface area contributed by atoms with Crippen LogP contribution in [0.3, 0.4) is 0 Å². The summed E-state index contributed by atoms with van der Waals surface area (Å²) < 4.78 is 15.8. The Hall–Kier alpha value is -3.83. The third-order valence-corrected chi connectivity index (χ3v) is 4.25. The minimum absolute atomic E-state index is 0.0528. The summed E-state index contributed by atoms with van der Waals surface area (Å²) in [6, 6.07) is 5.22. The highest BCUT2D eigenvalue weighted by molar-refractivity contribution is 6.02. The number of hydrogen-bond donors (Lipinski definition) is 3. The summed E-state index contributed by atoms with van der Waals surface area (Å²) in [5.41, 5.74) is -1.57. The number of ether oxygens (including phenoxy) is 3. The first kappa shape index (κ1) is 32.2. The molecule has 0 aliphatic heterocycles. The van der Waals surface area contributed by atoms with Gasteiger partial charge >= 0.3 is 24.2 Å². The maximum absolute atomic E-state index is 12.4. The van der Waals surface area contributed by atoms with Crippen molar-refractivity contribution in [1.29, 1.82) is 0 Å². The van der Waals surface area contributed by atoms with Crippen LogP contribution < -0.4 is 10.6 Å². The Labute approximate surface area is 223 Å². The maximum atomic E-state index is 12.4. The number of aliphatic imine (C=N–C) groups is 1. The van der Waals surface area contributed by atoms with Crippen molar-refractivity contribution in [2.24, 2.45) is 4.99 Å². The van der Waals surface area contributed by atoms with Crippen molar-refractivity contribution in [3.63, 3.8) is 0 Å². The summed E-state index contributed by atoms with van der Waals surface area (Å²) in [6.07, 6.45) is -2.53. The number of rotatable bonds is 5. The first-order valence-electron chi connectivity index (χ1n) is 12.0. The number of carboxylic acid groups (broad SMARTS) is 1. The molecule has 0 fully saturated rings. The first-order valence-corrected chi connectivity index (χ1v) is 12.0. The van der Waals surface area contributed by atoms with E-state index in [4.69, 9.17) is 14.2 Å². The molecule has 0 bridgehead atoms. The fourth-order valence-electron chi connectivity index (χ4n) is 2.84. The zero-order chi connectivity index (χ0) is 29.5. The molecular weight excluding hydrogens is 496 g/mol. The molecule has 12 nitrogen and oxygen atoms in total. The molecule has 0 radical (unpaired) electrons. The number of carboxylic acids is 1. The highest BCUT2D eigenvalue weighted by Gasteiger charge is 2.30. The normalized spacial score (nSPS) is 12.5. The largest absolute Gasteiger partial charge is 0.480 e. The van der Waals surface area contributed by atoms with E-state index in [1.807, 2.05) is 0 Å². The summed E-state index contributed by atoms with van der Waals surface area (Å²) in [7, 11) is 1.35. The van der Waals surface area contributed by atoms with E-state index in [0.717, 1.165) is 4.90 Å². The van der Waals surface area contributed by atoms with Crippen molar-refractivity contribution in [2.75, 3.05) is 7.05 Å². The molecule has 0 heterocycles. The molecule has 0 aliphatic carbocycles. The Morgan fingerprint density at radius 1 is 0.868 bits per heavy atom. The molecule has 0 saturated heterocycles. The van der Waals surface area contributed by atoms with Crippen LogP contribution in [0.2, 0.25) is 0 Å². The van der Waals surface area contributed by atoms with Gasteiger partial charge in [0.05, 0.1) is 5.69 Å². The van der Waals surface area contributed by atoms with E-state index in [1.165, 1.54) is 7.05 Å². The Bertz CT molecular complexity index is 1020. The second-order valence-electron chi connectivity index (χ2n) is 11.5. The molecule has 0 spiro atoms. The number of nitrogens with zero attached hydrogens (tertiary/aromatic N) is 2. The summed E-state index contributed by atoms with van der Waals surface area (Å²) in [5, 5.41) is 14.5. The van der Waals surface area contributed by atoms with Gasteiger partial charge in [-0.3, -0.25) is 15.5 Å². The maximum Gasteiger partial charge on any atom is 0.414 e. The number of hydrogen-bond acceptors (Lipinski definition) is 8. The molecule has 1 rings (SSSR count). The zero-order valence-corrected chi connectivity index (χ0v) is 23.8. The number of carbonyl (C=O) groups excluding carboxylic acids is 3. The van der Waals surface area contributed by atoms with Crippen molar-refractivity contribution in [1.82, 2.24) is 15.5 Å². The van der Waals surface area contributed by atoms with Crippen molar-refractivity contribution in [3.8, 4) is 0 Å². The lowest BCUT2D eigenvalue weighted by Crippen LogP contribution is -2.47. The second kappa shape index (κ2) is 12.6. The quantitative estimate of drug-likeness (QED) is 0.280. The Kier molecular flexibility index (Phi) is 10.7. The van der Waals surface area contributed by atoms with Gasteiger partial charge in [-0.15, -0.1) is 0 Å². The number of aliphatic carboxylic acids is 1. The van der Waals surface area contributed by atoms with Crippen LogP contribution >= 0.6 is 0 Å². The third-order valence-electron chi connectivity index (χ3n) is 4.25. The van der Waals surface area contributed by atoms with Crippen LogP contribution in [0.4, 0.5) is 20.1 Å². The van der Waals surface area contributed by atoms with Gasteiger partial charge in [-0.25, -0.2) is 24.2 Å². The van der Waals surface area contributed by atoms with Crippen LogP contribution in [0.25, 0.3) is 0 Å². The topological polar surface area (TPSA) is 156 Å². The van der Waals surface area contributed by atoms with E-state index in [2.05, 4.69) is 15.6 Å². The molecule has 0 aliphatic rings. The minimum Gasteiger partial charge on any atom is -0.480 e. The second-order valence-corrected chi connectivity index (χ2v) is 11.5. The smallest absolute Gasteiger partial charge is 0.414 e. The zero-order valence-electron chi connectivity index (χ0n) is 23.8. The standard InChI is InChI=1S/C26H40N4O8/c1-24(2,3)36-21(33)28-20(29-22(34)37-25(4,5)6)27-17-13-11-12-16(14-17)15-18(19(31)32)30(10)23(35)38-26(7,8)9/h11-14,18H,15H2,1-10H3,(H,31,32)(H2,27,28,29,33,34)/t18-/m1/s1. The van der Waals surface area contributed by atoms with Gasteiger partial charge in [-0.1, -0.05) is 12.1 Å². The molecule has 0 aromatic heterocycles. The van der Waals surface area contributed by atoms with Gasteiger partial charge in [0.15, 0.2) is 0 Å². The third kappa shape index (κ3) is 12.9. The first-order chi connectivity index (χ1) is 17.1. The molecule has 1 aromatic carbocycles. The van der Waals surface area contributed by atoms with E-state index >= 15 is 0 Å². The number of benzene rings is 1. The highest BCUT2D eigenvalue weighted by atomic mass is 16.6. The fraction of sp³-hybridized carbons (Fsp3) is 0.577. The summed E-state index contributed by atoms with van der Waals surface area (Å²) in [5.74, 6) is -1.47. The molecule has 212 valence electrons. The molecular formula is C26H40N4O8.